The van der Waals surface area contributed by atoms with E-state index < -0.39 is 6.17 Å². The van der Waals surface area contributed by atoms with Crippen LogP contribution in [0.25, 0.3) is 108 Å². The van der Waals surface area contributed by atoms with Crippen LogP contribution in [0.15, 0.2) is 247 Å². The molecule has 11 aromatic carbocycles. The van der Waals surface area contributed by atoms with Gasteiger partial charge in [-0.2, -0.15) is 0 Å². The molecule has 14 aromatic rings. The summed E-state index contributed by atoms with van der Waals surface area (Å²) >= 11 is 1.87. The molecule has 0 saturated heterocycles. The van der Waals surface area contributed by atoms with E-state index in [1.165, 1.54) is 68.8 Å². The largest absolute Gasteiger partial charge is 0.344 e. The molecule has 0 bridgehead atoms. The van der Waals surface area contributed by atoms with Crippen LogP contribution in [-0.2, 0) is 0 Å². The zero-order valence-electron chi connectivity index (χ0n) is 38.3. The van der Waals surface area contributed by atoms with Gasteiger partial charge < -0.3 is 14.5 Å². The van der Waals surface area contributed by atoms with Crippen molar-refractivity contribution in [1.82, 2.24) is 14.5 Å². The highest BCUT2D eigenvalue weighted by Gasteiger charge is 2.26. The Kier molecular flexibility index (Phi) is 8.82. The van der Waals surface area contributed by atoms with Gasteiger partial charge in [0.25, 0.3) is 0 Å². The number of aliphatic imine (C=N–C) groups is 2. The first-order valence-electron chi connectivity index (χ1n) is 24.2. The maximum atomic E-state index is 5.60. The Morgan fingerprint density at radius 1 is 0.394 bits per heavy atom. The van der Waals surface area contributed by atoms with Crippen LogP contribution < -0.4 is 5.32 Å². The average molecular weight is 924 g/mol. The molecule has 1 atom stereocenters. The van der Waals surface area contributed by atoms with E-state index in [1.54, 1.807) is 0 Å². The molecule has 71 heavy (non-hydrogen) atoms. The Bertz CT molecular complexity index is 4560. The summed E-state index contributed by atoms with van der Waals surface area (Å²) in [4.78, 5) is 11.2. The first-order valence-corrected chi connectivity index (χ1v) is 25.0. The second-order valence-electron chi connectivity index (χ2n) is 18.5. The molecule has 5 nitrogen and oxygen atoms in total. The van der Waals surface area contributed by atoms with Crippen LogP contribution in [0.4, 0.5) is 0 Å². The Morgan fingerprint density at radius 3 is 1.77 bits per heavy atom. The van der Waals surface area contributed by atoms with Crippen molar-refractivity contribution in [2.75, 3.05) is 0 Å². The van der Waals surface area contributed by atoms with E-state index in [-0.39, 0.29) is 0 Å². The lowest BCUT2D eigenvalue weighted by Crippen LogP contribution is -2.33. The quantitative estimate of drug-likeness (QED) is 0.177. The summed E-state index contributed by atoms with van der Waals surface area (Å²) in [5.41, 5.74) is 12.1. The number of hydrogen-bond donors (Lipinski definition) is 1. The zero-order valence-corrected chi connectivity index (χ0v) is 39.1. The number of hydrogen-bond acceptors (Lipinski definition) is 4. The lowest BCUT2D eigenvalue weighted by Gasteiger charge is -2.25. The summed E-state index contributed by atoms with van der Waals surface area (Å²) in [6.07, 6.45) is -0.392. The van der Waals surface area contributed by atoms with Gasteiger partial charge in [-0.15, -0.1) is 11.3 Å². The number of rotatable bonds is 6. The van der Waals surface area contributed by atoms with Crippen molar-refractivity contribution in [2.24, 2.45) is 9.98 Å². The van der Waals surface area contributed by atoms with Gasteiger partial charge in [0.05, 0.1) is 22.1 Å². The van der Waals surface area contributed by atoms with E-state index in [0.29, 0.717) is 5.84 Å². The molecule has 332 valence electrons. The van der Waals surface area contributed by atoms with Crippen molar-refractivity contribution in [3.63, 3.8) is 0 Å². The van der Waals surface area contributed by atoms with Crippen molar-refractivity contribution in [3.05, 3.63) is 253 Å². The monoisotopic (exact) mass is 923 g/mol. The van der Waals surface area contributed by atoms with Crippen LogP contribution in [0, 0.1) is 0 Å². The summed E-state index contributed by atoms with van der Waals surface area (Å²) in [6.45, 7) is 0. The fourth-order valence-corrected chi connectivity index (χ4v) is 12.6. The van der Waals surface area contributed by atoms with Crippen LogP contribution in [0.1, 0.15) is 22.9 Å². The molecule has 0 fully saturated rings. The third-order valence-electron chi connectivity index (χ3n) is 14.5. The van der Waals surface area contributed by atoms with E-state index in [1.807, 2.05) is 11.3 Å². The fourth-order valence-electron chi connectivity index (χ4n) is 11.3. The highest BCUT2D eigenvalue weighted by molar-refractivity contribution is 7.26. The Balaban J connectivity index is 1.01. The lowest BCUT2D eigenvalue weighted by molar-refractivity contribution is 0.674. The smallest absolute Gasteiger partial charge is 0.160 e. The highest BCUT2D eigenvalue weighted by atomic mass is 32.1. The summed E-state index contributed by atoms with van der Waals surface area (Å²) in [5, 5.41) is 16.0. The molecule has 15 rings (SSSR count). The predicted octanol–water partition coefficient (Wildman–Crippen LogP) is 16.7. The molecule has 0 aliphatic carbocycles. The third kappa shape index (κ3) is 6.25. The van der Waals surface area contributed by atoms with Gasteiger partial charge in [-0.1, -0.05) is 152 Å². The van der Waals surface area contributed by atoms with Crippen LogP contribution in [-0.4, -0.2) is 20.8 Å². The van der Waals surface area contributed by atoms with Gasteiger partial charge in [-0.05, 0) is 123 Å². The lowest BCUT2D eigenvalue weighted by atomic mass is 9.91. The van der Waals surface area contributed by atoms with Crippen LogP contribution >= 0.6 is 11.3 Å². The third-order valence-corrected chi connectivity index (χ3v) is 15.7. The number of benzene rings is 11. The molecular formula is C65H41N5S. The number of thiophene rings is 1. The molecule has 0 radical (unpaired) electrons. The summed E-state index contributed by atoms with van der Waals surface area (Å²) in [5.74, 6) is 1.45. The second kappa shape index (κ2) is 15.7. The Labute approximate surface area is 412 Å². The van der Waals surface area contributed by atoms with E-state index in [0.717, 1.165) is 61.6 Å². The van der Waals surface area contributed by atoms with Crippen molar-refractivity contribution < 1.29 is 0 Å². The number of nitrogens with zero attached hydrogens (tertiary/aromatic N) is 4. The van der Waals surface area contributed by atoms with Crippen LogP contribution in [0.5, 0.6) is 0 Å². The Hall–Kier alpha value is -9.10. The summed E-state index contributed by atoms with van der Waals surface area (Å²) in [6, 6.07) is 85.8. The van der Waals surface area contributed by atoms with Crippen molar-refractivity contribution in [1.29, 1.82) is 0 Å². The van der Waals surface area contributed by atoms with Crippen LogP contribution in [0.2, 0.25) is 0 Å². The number of nitrogens with one attached hydrogen (secondary N) is 1. The first-order chi connectivity index (χ1) is 35.2. The number of fused-ring (bicyclic) bond motifs is 12. The van der Waals surface area contributed by atoms with Gasteiger partial charge in [-0.25, -0.2) is 9.98 Å². The maximum Gasteiger partial charge on any atom is 0.160 e. The minimum Gasteiger partial charge on any atom is -0.344 e. The molecule has 1 aliphatic rings. The van der Waals surface area contributed by atoms with Crippen molar-refractivity contribution >= 4 is 108 Å². The van der Waals surface area contributed by atoms with Gasteiger partial charge in [0.2, 0.25) is 0 Å². The van der Waals surface area contributed by atoms with Crippen molar-refractivity contribution in [2.45, 2.75) is 6.17 Å². The molecule has 4 heterocycles. The molecule has 1 N–H and O–H groups in total. The fraction of sp³-hybridized carbons (Fsp3) is 0.0154. The minimum atomic E-state index is -0.392. The molecule has 6 heteroatoms. The standard InChI is InChI=1S/C65H41N5S/c1-3-17-40(18-4-1)63-66-64(44-31-34-58-53(37-44)48-25-11-14-28-56(48)69(58)45-22-5-2-6-23-45)68-65(67-63)50-33-32-46(70-57-29-15-12-26-49(57)54-35-41-19-7-8-20-42(41)38-59(54)70)39-52(50)55-36-43-21-9-10-24-47(43)62-61(55)51-27-13-16-30-60(51)71-62/h1-39,63H,(H,66,67,68). The van der Waals surface area contributed by atoms with E-state index in [4.69, 9.17) is 9.98 Å². The minimum absolute atomic E-state index is 0.392. The molecular weight excluding hydrogens is 883 g/mol. The normalized spacial score (nSPS) is 14.1. The predicted molar refractivity (Wildman–Crippen MR) is 300 cm³/mol. The SMILES string of the molecule is c1ccc(C2N=C(c3ccc(-n4c5ccccc5c5cc6ccccc6cc54)cc3-c3cc4ccccc4c4sc5ccccc5c34)N=C(c3ccc4c(c3)c3ccccc3n4-c3ccccc3)N2)cc1. The maximum absolute atomic E-state index is 5.60. The van der Waals surface area contributed by atoms with E-state index in [9.17, 15) is 0 Å². The zero-order chi connectivity index (χ0) is 46.6. The summed E-state index contributed by atoms with van der Waals surface area (Å²) < 4.78 is 7.34. The first kappa shape index (κ1) is 39.9. The molecule has 0 amide bonds. The molecule has 1 unspecified atom stereocenters. The van der Waals surface area contributed by atoms with Gasteiger partial charge >= 0.3 is 0 Å². The topological polar surface area (TPSA) is 46.6 Å². The average Bonchev–Trinajstić information content (AvgIpc) is 4.10. The van der Waals surface area contributed by atoms with Gasteiger partial charge in [0.15, 0.2) is 5.84 Å². The number of amidine groups is 2. The molecule has 3 aromatic heterocycles. The van der Waals surface area contributed by atoms with E-state index >= 15 is 0 Å². The summed E-state index contributed by atoms with van der Waals surface area (Å²) in [7, 11) is 0. The number of aromatic nitrogens is 2. The molecule has 0 saturated carbocycles. The van der Waals surface area contributed by atoms with E-state index in [2.05, 4.69) is 251 Å². The molecule has 1 aliphatic heterocycles. The van der Waals surface area contributed by atoms with Gasteiger partial charge in [0.1, 0.15) is 12.0 Å². The van der Waals surface area contributed by atoms with Gasteiger partial charge in [-0.3, -0.25) is 0 Å². The number of para-hydroxylation sites is 3. The van der Waals surface area contributed by atoms with Crippen molar-refractivity contribution in [3.8, 4) is 22.5 Å². The van der Waals surface area contributed by atoms with Crippen LogP contribution in [0.3, 0.4) is 0 Å². The highest BCUT2D eigenvalue weighted by Crippen LogP contribution is 2.46. The van der Waals surface area contributed by atoms with Gasteiger partial charge in [0, 0.05) is 64.2 Å². The Morgan fingerprint density at radius 2 is 1.00 bits per heavy atom. The molecule has 0 spiro atoms. The second-order valence-corrected chi connectivity index (χ2v) is 19.6.